The van der Waals surface area contributed by atoms with Gasteiger partial charge in [0, 0.05) is 27.8 Å². The van der Waals surface area contributed by atoms with Gasteiger partial charge in [0.25, 0.3) is 0 Å². The number of hydrogen-bond acceptors (Lipinski definition) is 3. The van der Waals surface area contributed by atoms with Crippen molar-refractivity contribution in [2.75, 3.05) is 12.3 Å². The van der Waals surface area contributed by atoms with E-state index in [2.05, 4.69) is 39.9 Å². The fraction of sp³-hybridized carbons (Fsp3) is 0.391. The standard InChI is InChI=1S/C23H29F2NOSSi/c1-23(2,3)29(4,5)27-12-8-10-16-15-9-6-7-11-21(15)28-22(16)17-13-20(26)19(25)14-18(17)24/h6-7,9,11,13-14H,8,10,12,26H2,1-5H3. The quantitative estimate of drug-likeness (QED) is 0.250. The van der Waals surface area contributed by atoms with Crippen LogP contribution in [0.3, 0.4) is 0 Å². The third kappa shape index (κ3) is 4.54. The highest BCUT2D eigenvalue weighted by atomic mass is 32.1. The summed E-state index contributed by atoms with van der Waals surface area (Å²) in [4.78, 5) is 0.822. The minimum absolute atomic E-state index is 0.0360. The fourth-order valence-corrected chi connectivity index (χ4v) is 5.45. The van der Waals surface area contributed by atoms with Crippen molar-refractivity contribution in [1.82, 2.24) is 0 Å². The van der Waals surface area contributed by atoms with E-state index >= 15 is 0 Å². The highest BCUT2D eigenvalue weighted by Crippen LogP contribution is 2.41. The Morgan fingerprint density at radius 2 is 1.76 bits per heavy atom. The predicted molar refractivity (Wildman–Crippen MR) is 123 cm³/mol. The summed E-state index contributed by atoms with van der Waals surface area (Å²) in [6.07, 6.45) is 1.61. The van der Waals surface area contributed by atoms with E-state index in [1.165, 1.54) is 17.4 Å². The van der Waals surface area contributed by atoms with Crippen LogP contribution in [0.15, 0.2) is 36.4 Å². The largest absolute Gasteiger partial charge is 0.417 e. The lowest BCUT2D eigenvalue weighted by molar-refractivity contribution is 0.283. The maximum atomic E-state index is 14.6. The van der Waals surface area contributed by atoms with E-state index in [1.807, 2.05) is 18.2 Å². The van der Waals surface area contributed by atoms with Gasteiger partial charge in [0.05, 0.1) is 5.69 Å². The van der Waals surface area contributed by atoms with Crippen molar-refractivity contribution in [3.63, 3.8) is 0 Å². The van der Waals surface area contributed by atoms with Gasteiger partial charge in [-0.3, -0.25) is 0 Å². The van der Waals surface area contributed by atoms with E-state index in [0.717, 1.165) is 39.4 Å². The molecule has 2 aromatic carbocycles. The zero-order chi connectivity index (χ0) is 21.4. The second-order valence-corrected chi connectivity index (χ2v) is 14.8. The lowest BCUT2D eigenvalue weighted by atomic mass is 10.0. The van der Waals surface area contributed by atoms with E-state index in [1.54, 1.807) is 0 Å². The third-order valence-corrected chi connectivity index (χ3v) is 11.7. The molecular weight excluding hydrogens is 404 g/mol. The molecule has 3 rings (SSSR count). The van der Waals surface area contributed by atoms with Crippen molar-refractivity contribution in [3.05, 3.63) is 53.6 Å². The van der Waals surface area contributed by atoms with Crippen molar-refractivity contribution in [2.45, 2.75) is 51.7 Å². The maximum absolute atomic E-state index is 14.6. The lowest BCUT2D eigenvalue weighted by Gasteiger charge is -2.36. The minimum Gasteiger partial charge on any atom is -0.417 e. The van der Waals surface area contributed by atoms with Crippen LogP contribution in [0.1, 0.15) is 32.8 Å². The van der Waals surface area contributed by atoms with Gasteiger partial charge >= 0.3 is 0 Å². The summed E-state index contributed by atoms with van der Waals surface area (Å²) in [5.41, 5.74) is 7.14. The zero-order valence-corrected chi connectivity index (χ0v) is 19.6. The lowest BCUT2D eigenvalue weighted by Crippen LogP contribution is -2.41. The molecule has 6 heteroatoms. The number of halogens is 2. The molecular formula is C23H29F2NOSSi. The molecule has 0 unspecified atom stereocenters. The topological polar surface area (TPSA) is 35.2 Å². The Balaban J connectivity index is 1.90. The molecule has 156 valence electrons. The Labute approximate surface area is 176 Å². The SMILES string of the molecule is CC(C)(C)[Si](C)(C)OCCCc1c(-c2cc(N)c(F)cc2F)sc2ccccc12. The predicted octanol–water partition coefficient (Wildman–Crippen LogP) is 7.38. The number of benzene rings is 2. The Morgan fingerprint density at radius 3 is 2.45 bits per heavy atom. The molecule has 3 aromatic rings. The van der Waals surface area contributed by atoms with E-state index < -0.39 is 20.0 Å². The fourth-order valence-electron chi connectivity index (χ4n) is 3.10. The van der Waals surface area contributed by atoms with E-state index in [9.17, 15) is 8.78 Å². The molecule has 29 heavy (non-hydrogen) atoms. The number of anilines is 1. The second kappa shape index (κ2) is 8.17. The van der Waals surface area contributed by atoms with Crippen LogP contribution in [0.5, 0.6) is 0 Å². The van der Waals surface area contributed by atoms with Crippen LogP contribution < -0.4 is 5.73 Å². The van der Waals surface area contributed by atoms with Gasteiger partial charge in [0.1, 0.15) is 11.6 Å². The molecule has 0 aliphatic heterocycles. The molecule has 1 heterocycles. The average Bonchev–Trinajstić information content (AvgIpc) is 2.99. The van der Waals surface area contributed by atoms with Crippen molar-refractivity contribution in [3.8, 4) is 10.4 Å². The second-order valence-electron chi connectivity index (χ2n) is 8.97. The van der Waals surface area contributed by atoms with Gasteiger partial charge in [0.15, 0.2) is 8.32 Å². The first-order valence-corrected chi connectivity index (χ1v) is 13.6. The monoisotopic (exact) mass is 433 g/mol. The first kappa shape index (κ1) is 21.9. The van der Waals surface area contributed by atoms with E-state index in [0.29, 0.717) is 12.2 Å². The summed E-state index contributed by atoms with van der Waals surface area (Å²) in [5.74, 6) is -1.31. The van der Waals surface area contributed by atoms with Gasteiger partial charge in [-0.2, -0.15) is 0 Å². The number of thiophene rings is 1. The van der Waals surface area contributed by atoms with Crippen LogP contribution in [0.4, 0.5) is 14.5 Å². The Hall–Kier alpha value is -1.76. The molecule has 0 fully saturated rings. The molecule has 0 saturated carbocycles. The first-order valence-electron chi connectivity index (χ1n) is 9.90. The first-order chi connectivity index (χ1) is 13.5. The number of hydrogen-bond donors (Lipinski definition) is 1. The summed E-state index contributed by atoms with van der Waals surface area (Å²) < 4.78 is 35.7. The molecule has 0 bridgehead atoms. The molecule has 0 saturated heterocycles. The molecule has 0 amide bonds. The van der Waals surface area contributed by atoms with Crippen molar-refractivity contribution in [1.29, 1.82) is 0 Å². The van der Waals surface area contributed by atoms with Crippen LogP contribution in [0, 0.1) is 11.6 Å². The van der Waals surface area contributed by atoms with E-state index in [4.69, 9.17) is 10.2 Å². The van der Waals surface area contributed by atoms with Crippen LogP contribution in [-0.4, -0.2) is 14.9 Å². The van der Waals surface area contributed by atoms with Gasteiger partial charge in [-0.15, -0.1) is 11.3 Å². The molecule has 1 aromatic heterocycles. The third-order valence-electron chi connectivity index (χ3n) is 5.87. The Kier molecular flexibility index (Phi) is 6.18. The summed E-state index contributed by atoms with van der Waals surface area (Å²) in [6, 6.07) is 10.3. The normalized spacial score (nSPS) is 12.7. The molecule has 0 aliphatic carbocycles. The summed E-state index contributed by atoms with van der Waals surface area (Å²) in [6.45, 7) is 11.8. The summed E-state index contributed by atoms with van der Waals surface area (Å²) >= 11 is 1.52. The van der Waals surface area contributed by atoms with E-state index in [-0.39, 0.29) is 10.7 Å². The van der Waals surface area contributed by atoms with Crippen molar-refractivity contribution in [2.24, 2.45) is 0 Å². The Bertz CT molecular complexity index is 1020. The highest BCUT2D eigenvalue weighted by Gasteiger charge is 2.36. The molecule has 0 aliphatic rings. The van der Waals surface area contributed by atoms with Gasteiger partial charge in [0.2, 0.25) is 0 Å². The molecule has 2 N–H and O–H groups in total. The van der Waals surface area contributed by atoms with Crippen molar-refractivity contribution < 1.29 is 13.2 Å². The summed E-state index contributed by atoms with van der Waals surface area (Å²) in [7, 11) is -1.80. The number of nitrogens with two attached hydrogens (primary N) is 1. The van der Waals surface area contributed by atoms with Crippen molar-refractivity contribution >= 4 is 35.4 Å². The average molecular weight is 434 g/mol. The number of fused-ring (bicyclic) bond motifs is 1. The molecule has 0 radical (unpaired) electrons. The molecule has 0 atom stereocenters. The van der Waals surface area contributed by atoms with Gasteiger partial charge < -0.3 is 10.2 Å². The molecule has 2 nitrogen and oxygen atoms in total. The zero-order valence-electron chi connectivity index (χ0n) is 17.7. The number of aryl methyl sites for hydroxylation is 1. The number of rotatable bonds is 6. The number of nitrogen functional groups attached to an aromatic ring is 1. The van der Waals surface area contributed by atoms with Gasteiger partial charge in [-0.1, -0.05) is 39.0 Å². The smallest absolute Gasteiger partial charge is 0.191 e. The van der Waals surface area contributed by atoms with Crippen LogP contribution in [0.2, 0.25) is 18.1 Å². The van der Waals surface area contributed by atoms with Crippen LogP contribution >= 0.6 is 11.3 Å². The van der Waals surface area contributed by atoms with Crippen LogP contribution in [0.25, 0.3) is 20.5 Å². The highest BCUT2D eigenvalue weighted by molar-refractivity contribution is 7.22. The maximum Gasteiger partial charge on any atom is 0.191 e. The molecule has 0 spiro atoms. The summed E-state index contributed by atoms with van der Waals surface area (Å²) in [5, 5.41) is 1.28. The van der Waals surface area contributed by atoms with Gasteiger partial charge in [-0.25, -0.2) is 8.78 Å². The van der Waals surface area contributed by atoms with Gasteiger partial charge in [-0.05, 0) is 54.1 Å². The minimum atomic E-state index is -1.80. The van der Waals surface area contributed by atoms with Crippen LogP contribution in [-0.2, 0) is 10.8 Å². The Morgan fingerprint density at radius 1 is 1.07 bits per heavy atom.